The molecule has 1 heterocycles. The largest absolute Gasteiger partial charge is 0.366 e. The Bertz CT molecular complexity index is 385. The lowest BCUT2D eigenvalue weighted by Gasteiger charge is -2.30. The fourth-order valence-corrected chi connectivity index (χ4v) is 2.86. The van der Waals surface area contributed by atoms with E-state index >= 15 is 0 Å². The van der Waals surface area contributed by atoms with E-state index in [4.69, 9.17) is 5.73 Å². The van der Waals surface area contributed by atoms with Gasteiger partial charge in [0.15, 0.2) is 0 Å². The lowest BCUT2D eigenvalue weighted by Crippen LogP contribution is -2.37. The minimum atomic E-state index is 0.343. The van der Waals surface area contributed by atoms with Crippen molar-refractivity contribution in [2.24, 2.45) is 11.7 Å². The number of nitrogens with one attached hydrogen (secondary N) is 1. The van der Waals surface area contributed by atoms with Crippen molar-refractivity contribution < 1.29 is 0 Å². The lowest BCUT2D eigenvalue weighted by atomic mass is 9.84. The van der Waals surface area contributed by atoms with E-state index in [1.54, 1.807) is 6.33 Å². The van der Waals surface area contributed by atoms with Gasteiger partial charge in [-0.2, -0.15) is 0 Å². The minimum Gasteiger partial charge on any atom is -0.366 e. The number of rotatable bonds is 5. The zero-order valence-electron chi connectivity index (χ0n) is 12.1. The van der Waals surface area contributed by atoms with Crippen LogP contribution in [0.5, 0.6) is 0 Å². The zero-order valence-corrected chi connectivity index (χ0v) is 12.1. The summed E-state index contributed by atoms with van der Waals surface area (Å²) in [7, 11) is 0. The summed E-state index contributed by atoms with van der Waals surface area (Å²) in [5, 5.41) is 3.52. The molecule has 106 valence electrons. The van der Waals surface area contributed by atoms with Gasteiger partial charge in [-0.15, -0.1) is 0 Å². The maximum atomic E-state index is 5.94. The first-order chi connectivity index (χ1) is 9.20. The van der Waals surface area contributed by atoms with Crippen LogP contribution in [0.15, 0.2) is 12.4 Å². The highest BCUT2D eigenvalue weighted by molar-refractivity contribution is 5.37. The van der Waals surface area contributed by atoms with Crippen LogP contribution < -0.4 is 11.1 Å². The maximum Gasteiger partial charge on any atom is 0.129 e. The van der Waals surface area contributed by atoms with Crippen LogP contribution in [0.4, 0.5) is 5.82 Å². The van der Waals surface area contributed by atoms with E-state index < -0.39 is 0 Å². The Kier molecular flexibility index (Phi) is 5.14. The summed E-state index contributed by atoms with van der Waals surface area (Å²) in [6.07, 6.45) is 8.27. The Labute approximate surface area is 116 Å². The van der Waals surface area contributed by atoms with Crippen LogP contribution in [0.25, 0.3) is 0 Å². The molecule has 1 aromatic heterocycles. The molecule has 0 bridgehead atoms. The second-order valence-corrected chi connectivity index (χ2v) is 5.87. The number of hydrogen-bond acceptors (Lipinski definition) is 4. The first kappa shape index (κ1) is 14.3. The highest BCUT2D eigenvalue weighted by atomic mass is 15.0. The molecule has 0 aliphatic heterocycles. The van der Waals surface area contributed by atoms with Gasteiger partial charge >= 0.3 is 0 Å². The molecule has 1 aliphatic carbocycles. The minimum absolute atomic E-state index is 0.343. The van der Waals surface area contributed by atoms with Crippen LogP contribution in [0.3, 0.4) is 0 Å². The van der Waals surface area contributed by atoms with E-state index in [1.807, 2.05) is 0 Å². The lowest BCUT2D eigenvalue weighted by molar-refractivity contribution is 0.320. The Morgan fingerprint density at radius 1 is 1.26 bits per heavy atom. The van der Waals surface area contributed by atoms with Gasteiger partial charge in [-0.25, -0.2) is 9.97 Å². The zero-order chi connectivity index (χ0) is 13.7. The monoisotopic (exact) mass is 262 g/mol. The molecule has 0 aromatic carbocycles. The van der Waals surface area contributed by atoms with E-state index in [2.05, 4.69) is 35.2 Å². The smallest absolute Gasteiger partial charge is 0.129 e. The average Bonchev–Trinajstić information content (AvgIpc) is 2.46. The normalized spacial score (nSPS) is 18.5. The summed E-state index contributed by atoms with van der Waals surface area (Å²) in [6.45, 7) is 4.97. The molecule has 4 heteroatoms. The average molecular weight is 262 g/mol. The number of anilines is 1. The van der Waals surface area contributed by atoms with Crippen LogP contribution >= 0.6 is 0 Å². The quantitative estimate of drug-likeness (QED) is 0.856. The van der Waals surface area contributed by atoms with Crippen molar-refractivity contribution in [3.8, 4) is 0 Å². The maximum absolute atomic E-state index is 5.94. The highest BCUT2D eigenvalue weighted by Crippen LogP contribution is 2.27. The fourth-order valence-electron chi connectivity index (χ4n) is 2.86. The Balaban J connectivity index is 2.02. The molecule has 1 unspecified atom stereocenters. The van der Waals surface area contributed by atoms with Crippen molar-refractivity contribution in [3.63, 3.8) is 0 Å². The molecule has 1 atom stereocenters. The molecule has 4 nitrogen and oxygen atoms in total. The Hall–Kier alpha value is -1.16. The third-order valence-corrected chi connectivity index (χ3v) is 4.09. The number of nitrogens with zero attached hydrogens (tertiary/aromatic N) is 2. The van der Waals surface area contributed by atoms with Gasteiger partial charge in [0, 0.05) is 24.3 Å². The van der Waals surface area contributed by atoms with Crippen LogP contribution in [-0.4, -0.2) is 22.6 Å². The molecule has 0 spiro atoms. The third-order valence-electron chi connectivity index (χ3n) is 4.09. The van der Waals surface area contributed by atoms with E-state index in [0.29, 0.717) is 24.4 Å². The van der Waals surface area contributed by atoms with E-state index in [1.165, 1.54) is 32.1 Å². The van der Waals surface area contributed by atoms with Gasteiger partial charge in [0.1, 0.15) is 12.1 Å². The molecule has 0 saturated heterocycles. The Morgan fingerprint density at radius 3 is 2.63 bits per heavy atom. The molecule has 3 N–H and O–H groups in total. The summed E-state index contributed by atoms with van der Waals surface area (Å²) in [6, 6.07) is 2.39. The topological polar surface area (TPSA) is 63.8 Å². The molecular formula is C15H26N4. The Morgan fingerprint density at radius 2 is 2.00 bits per heavy atom. The summed E-state index contributed by atoms with van der Waals surface area (Å²) < 4.78 is 0. The number of nitrogens with two attached hydrogens (primary N) is 1. The summed E-state index contributed by atoms with van der Waals surface area (Å²) in [5.41, 5.74) is 7.02. The molecule has 1 fully saturated rings. The van der Waals surface area contributed by atoms with Crippen molar-refractivity contribution in [2.75, 3.05) is 11.9 Å². The second kappa shape index (κ2) is 6.85. The SMILES string of the molecule is CC(C)c1cc(NC(CN)C2CCCCC2)ncn1. The fraction of sp³-hybridized carbons (Fsp3) is 0.733. The van der Waals surface area contributed by atoms with Gasteiger partial charge in [0.25, 0.3) is 0 Å². The molecular weight excluding hydrogens is 236 g/mol. The van der Waals surface area contributed by atoms with Crippen molar-refractivity contribution in [1.29, 1.82) is 0 Å². The summed E-state index contributed by atoms with van der Waals surface area (Å²) in [5.74, 6) is 2.03. The van der Waals surface area contributed by atoms with E-state index in [0.717, 1.165) is 11.5 Å². The molecule has 19 heavy (non-hydrogen) atoms. The van der Waals surface area contributed by atoms with Gasteiger partial charge in [-0.1, -0.05) is 33.1 Å². The number of hydrogen-bond donors (Lipinski definition) is 2. The van der Waals surface area contributed by atoms with Gasteiger partial charge in [-0.3, -0.25) is 0 Å². The first-order valence-electron chi connectivity index (χ1n) is 7.49. The van der Waals surface area contributed by atoms with Crippen molar-refractivity contribution in [3.05, 3.63) is 18.1 Å². The molecule has 0 amide bonds. The molecule has 0 radical (unpaired) electrons. The predicted molar refractivity (Wildman–Crippen MR) is 79.2 cm³/mol. The molecule has 2 rings (SSSR count). The van der Waals surface area contributed by atoms with Gasteiger partial charge in [0.05, 0.1) is 0 Å². The number of aromatic nitrogens is 2. The first-order valence-corrected chi connectivity index (χ1v) is 7.49. The van der Waals surface area contributed by atoms with Crippen LogP contribution in [0, 0.1) is 5.92 Å². The van der Waals surface area contributed by atoms with Gasteiger partial charge in [0.2, 0.25) is 0 Å². The van der Waals surface area contributed by atoms with Crippen molar-refractivity contribution in [1.82, 2.24) is 9.97 Å². The second-order valence-electron chi connectivity index (χ2n) is 5.87. The highest BCUT2D eigenvalue weighted by Gasteiger charge is 2.22. The molecule has 1 saturated carbocycles. The van der Waals surface area contributed by atoms with E-state index in [-0.39, 0.29) is 0 Å². The van der Waals surface area contributed by atoms with Crippen molar-refractivity contribution >= 4 is 5.82 Å². The van der Waals surface area contributed by atoms with Gasteiger partial charge in [-0.05, 0) is 24.7 Å². The third kappa shape index (κ3) is 3.90. The van der Waals surface area contributed by atoms with Crippen LogP contribution in [0.2, 0.25) is 0 Å². The molecule has 1 aromatic rings. The predicted octanol–water partition coefficient (Wildman–Crippen LogP) is 2.92. The van der Waals surface area contributed by atoms with Crippen LogP contribution in [-0.2, 0) is 0 Å². The van der Waals surface area contributed by atoms with E-state index in [9.17, 15) is 0 Å². The van der Waals surface area contributed by atoms with Gasteiger partial charge < -0.3 is 11.1 Å². The summed E-state index contributed by atoms with van der Waals surface area (Å²) >= 11 is 0. The standard InChI is InChI=1S/C15H26N4/c1-11(2)13-8-15(18-10-17-13)19-14(9-16)12-6-4-3-5-7-12/h8,10-12,14H,3-7,9,16H2,1-2H3,(H,17,18,19). The molecule has 1 aliphatic rings. The van der Waals surface area contributed by atoms with Crippen LogP contribution in [0.1, 0.15) is 57.6 Å². The van der Waals surface area contributed by atoms with Crippen molar-refractivity contribution in [2.45, 2.75) is 57.9 Å². The summed E-state index contributed by atoms with van der Waals surface area (Å²) in [4.78, 5) is 8.63.